The smallest absolute Gasteiger partial charge is 0.242 e. The van der Waals surface area contributed by atoms with Gasteiger partial charge in [-0.1, -0.05) is 42.5 Å². The number of para-hydroxylation sites is 2. The van der Waals surface area contributed by atoms with E-state index in [2.05, 4.69) is 20.9 Å². The first-order valence-corrected chi connectivity index (χ1v) is 9.74. The van der Waals surface area contributed by atoms with Gasteiger partial charge >= 0.3 is 0 Å². The van der Waals surface area contributed by atoms with Gasteiger partial charge in [0.25, 0.3) is 0 Å². The summed E-state index contributed by atoms with van der Waals surface area (Å²) in [6.07, 6.45) is -0.123. The molecule has 0 aliphatic rings. The molecular weight excluding hydrogens is 495 g/mol. The van der Waals surface area contributed by atoms with Crippen molar-refractivity contribution in [1.29, 1.82) is 0 Å². The van der Waals surface area contributed by atoms with Gasteiger partial charge in [0, 0.05) is 13.1 Å². The van der Waals surface area contributed by atoms with E-state index in [0.29, 0.717) is 37.1 Å². The number of carbonyl (C=O) groups is 1. The second kappa shape index (κ2) is 14.5. The Morgan fingerprint density at radius 1 is 1.00 bits per heavy atom. The van der Waals surface area contributed by atoms with Gasteiger partial charge in [0.2, 0.25) is 5.91 Å². The number of guanidine groups is 1. The molecule has 7 nitrogen and oxygen atoms in total. The maximum absolute atomic E-state index is 12.1. The Morgan fingerprint density at radius 2 is 1.67 bits per heavy atom. The third-order valence-corrected chi connectivity index (χ3v) is 4.01. The van der Waals surface area contributed by atoms with Gasteiger partial charge in [-0.2, -0.15) is 0 Å². The lowest BCUT2D eigenvalue weighted by atomic mass is 10.2. The van der Waals surface area contributed by atoms with Crippen LogP contribution in [0.5, 0.6) is 11.5 Å². The van der Waals surface area contributed by atoms with Crippen LogP contribution in [-0.2, 0) is 11.3 Å². The summed E-state index contributed by atoms with van der Waals surface area (Å²) in [5.41, 5.74) is 1.05. The molecule has 2 rings (SSSR count). The van der Waals surface area contributed by atoms with E-state index in [-0.39, 0.29) is 42.5 Å². The molecule has 0 aromatic heterocycles. The molecule has 2 aromatic rings. The molecule has 0 fully saturated rings. The Kier molecular flexibility index (Phi) is 12.3. The molecule has 8 heteroatoms. The van der Waals surface area contributed by atoms with E-state index in [1.54, 1.807) is 7.11 Å². The lowest BCUT2D eigenvalue weighted by Crippen LogP contribution is -2.42. The van der Waals surface area contributed by atoms with Crippen molar-refractivity contribution in [2.45, 2.75) is 26.5 Å². The number of carbonyl (C=O) groups excluding carboxylic acids is 1. The van der Waals surface area contributed by atoms with Gasteiger partial charge in [0.05, 0.1) is 13.7 Å². The summed E-state index contributed by atoms with van der Waals surface area (Å²) < 4.78 is 11.2. The number of nitrogens with one attached hydrogen (secondary N) is 3. The summed E-state index contributed by atoms with van der Waals surface area (Å²) in [4.78, 5) is 16.4. The van der Waals surface area contributed by atoms with Gasteiger partial charge in [0.1, 0.15) is 12.6 Å². The van der Waals surface area contributed by atoms with Crippen LogP contribution in [0.4, 0.5) is 0 Å². The number of nitrogens with zero attached hydrogens (tertiary/aromatic N) is 1. The van der Waals surface area contributed by atoms with E-state index >= 15 is 0 Å². The minimum atomic E-state index is -0.135. The second-order valence-electron chi connectivity index (χ2n) is 6.42. The molecular formula is C22H31IN4O3. The predicted molar refractivity (Wildman–Crippen MR) is 131 cm³/mol. The first-order valence-electron chi connectivity index (χ1n) is 9.74. The summed E-state index contributed by atoms with van der Waals surface area (Å²) >= 11 is 0. The minimum absolute atomic E-state index is 0. The number of ether oxygens (including phenoxy) is 2. The molecule has 0 saturated heterocycles. The van der Waals surface area contributed by atoms with E-state index in [4.69, 9.17) is 9.47 Å². The predicted octanol–water partition coefficient (Wildman–Crippen LogP) is 2.95. The van der Waals surface area contributed by atoms with Gasteiger partial charge in [-0.3, -0.25) is 4.79 Å². The molecule has 1 unspecified atom stereocenters. The highest BCUT2D eigenvalue weighted by Crippen LogP contribution is 2.26. The average molecular weight is 526 g/mol. The monoisotopic (exact) mass is 526 g/mol. The third-order valence-electron chi connectivity index (χ3n) is 4.01. The van der Waals surface area contributed by atoms with Gasteiger partial charge in [-0.25, -0.2) is 4.99 Å². The molecule has 1 atom stereocenters. The van der Waals surface area contributed by atoms with Crippen molar-refractivity contribution < 1.29 is 14.3 Å². The van der Waals surface area contributed by atoms with Crippen LogP contribution in [0, 0.1) is 0 Å². The third kappa shape index (κ3) is 9.34. The number of rotatable bonds is 10. The lowest BCUT2D eigenvalue weighted by Gasteiger charge is -2.19. The van der Waals surface area contributed by atoms with E-state index in [1.165, 1.54) is 0 Å². The maximum atomic E-state index is 12.1. The number of halogens is 1. The molecule has 0 heterocycles. The number of methoxy groups -OCH3 is 1. The van der Waals surface area contributed by atoms with Crippen LogP contribution in [0.2, 0.25) is 0 Å². The second-order valence-corrected chi connectivity index (χ2v) is 6.42. The van der Waals surface area contributed by atoms with Crippen molar-refractivity contribution in [2.75, 3.05) is 26.7 Å². The lowest BCUT2D eigenvalue weighted by molar-refractivity contribution is -0.119. The number of hydrogen-bond acceptors (Lipinski definition) is 4. The van der Waals surface area contributed by atoms with Crippen LogP contribution in [0.1, 0.15) is 19.4 Å². The maximum Gasteiger partial charge on any atom is 0.242 e. The van der Waals surface area contributed by atoms with Crippen LogP contribution in [0.3, 0.4) is 0 Å². The van der Waals surface area contributed by atoms with Gasteiger partial charge in [-0.15, -0.1) is 24.0 Å². The standard InChI is InChI=1S/C22H30N4O3.HI/c1-4-23-22(26-16-21(27)24-15-18-10-6-5-7-11-18)25-14-17(2)29-20-13-9-8-12-19(20)28-3;/h5-13,17H,4,14-16H2,1-3H3,(H,24,27)(H2,23,25,26);1H. The minimum Gasteiger partial charge on any atom is -0.493 e. The zero-order valence-electron chi connectivity index (χ0n) is 17.7. The summed E-state index contributed by atoms with van der Waals surface area (Å²) in [7, 11) is 1.61. The van der Waals surface area contributed by atoms with Crippen LogP contribution >= 0.6 is 24.0 Å². The zero-order valence-corrected chi connectivity index (χ0v) is 20.0. The Balaban J connectivity index is 0.00000450. The Hall–Kier alpha value is -2.49. The number of aliphatic imine (C=N–C) groups is 1. The van der Waals surface area contributed by atoms with Gasteiger partial charge in [0.15, 0.2) is 17.5 Å². The summed E-state index contributed by atoms with van der Waals surface area (Å²) in [6.45, 7) is 5.68. The topological polar surface area (TPSA) is 84.0 Å². The number of amides is 1. The highest BCUT2D eigenvalue weighted by atomic mass is 127. The summed E-state index contributed by atoms with van der Waals surface area (Å²) in [5, 5.41) is 9.20. The number of benzene rings is 2. The van der Waals surface area contributed by atoms with Crippen LogP contribution < -0.4 is 25.4 Å². The first kappa shape index (κ1) is 25.5. The molecule has 164 valence electrons. The average Bonchev–Trinajstić information content (AvgIpc) is 2.75. The van der Waals surface area contributed by atoms with E-state index in [1.807, 2.05) is 68.4 Å². The van der Waals surface area contributed by atoms with Crippen molar-refractivity contribution in [1.82, 2.24) is 16.0 Å². The highest BCUT2D eigenvalue weighted by Gasteiger charge is 2.10. The van der Waals surface area contributed by atoms with Gasteiger partial charge < -0.3 is 25.4 Å². The molecule has 0 aliphatic carbocycles. The van der Waals surface area contributed by atoms with Crippen molar-refractivity contribution in [3.8, 4) is 11.5 Å². The van der Waals surface area contributed by atoms with Crippen LogP contribution in [0.15, 0.2) is 59.6 Å². The Bertz CT molecular complexity index is 787. The Labute approximate surface area is 195 Å². The molecule has 2 aromatic carbocycles. The quantitative estimate of drug-likeness (QED) is 0.252. The normalized spacial score (nSPS) is 11.6. The molecule has 0 spiro atoms. The van der Waals surface area contributed by atoms with Crippen molar-refractivity contribution >= 4 is 35.8 Å². The molecule has 1 amide bonds. The zero-order chi connectivity index (χ0) is 20.9. The SMILES string of the molecule is CCNC(=NCC(=O)NCc1ccccc1)NCC(C)Oc1ccccc1OC.I. The largest absolute Gasteiger partial charge is 0.493 e. The van der Waals surface area contributed by atoms with Crippen molar-refractivity contribution in [3.63, 3.8) is 0 Å². The Morgan fingerprint density at radius 3 is 2.33 bits per heavy atom. The molecule has 0 bridgehead atoms. The van der Waals surface area contributed by atoms with E-state index in [9.17, 15) is 4.79 Å². The van der Waals surface area contributed by atoms with Crippen molar-refractivity contribution in [2.24, 2.45) is 4.99 Å². The van der Waals surface area contributed by atoms with Crippen LogP contribution in [-0.4, -0.2) is 44.7 Å². The van der Waals surface area contributed by atoms with Crippen LogP contribution in [0.25, 0.3) is 0 Å². The van der Waals surface area contributed by atoms with E-state index in [0.717, 1.165) is 5.56 Å². The fourth-order valence-corrected chi connectivity index (χ4v) is 2.56. The van der Waals surface area contributed by atoms with E-state index < -0.39 is 0 Å². The highest BCUT2D eigenvalue weighted by molar-refractivity contribution is 14.0. The van der Waals surface area contributed by atoms with Crippen molar-refractivity contribution in [3.05, 3.63) is 60.2 Å². The fraction of sp³-hybridized carbons (Fsp3) is 0.364. The fourth-order valence-electron chi connectivity index (χ4n) is 2.56. The first-order chi connectivity index (χ1) is 14.1. The molecule has 0 aliphatic heterocycles. The molecule has 3 N–H and O–H groups in total. The molecule has 0 saturated carbocycles. The molecule has 30 heavy (non-hydrogen) atoms. The van der Waals surface area contributed by atoms with Gasteiger partial charge in [-0.05, 0) is 31.5 Å². The summed E-state index contributed by atoms with van der Waals surface area (Å²) in [6, 6.07) is 17.3. The number of hydrogen-bond donors (Lipinski definition) is 3. The molecule has 0 radical (unpaired) electrons. The summed E-state index contributed by atoms with van der Waals surface area (Å²) in [5.74, 6) is 1.81.